The van der Waals surface area contributed by atoms with Gasteiger partial charge < -0.3 is 69.6 Å². The highest BCUT2D eigenvalue weighted by molar-refractivity contribution is 7.46. The van der Waals surface area contributed by atoms with Crippen molar-refractivity contribution in [2.45, 2.75) is 539 Å². The van der Waals surface area contributed by atoms with Gasteiger partial charge in [0.2, 0.25) is 11.8 Å². The quantitative estimate of drug-likeness (QED) is 0.0155. The van der Waals surface area contributed by atoms with Gasteiger partial charge in [0.25, 0.3) is 0 Å². The third-order valence-electron chi connectivity index (χ3n) is 24.1. The Morgan fingerprint density at radius 1 is 0.359 bits per heavy atom. The predicted molar refractivity (Wildman–Crippen MR) is 467 cm³/mol. The van der Waals surface area contributed by atoms with Crippen LogP contribution in [0.2, 0.25) is 0 Å². The van der Waals surface area contributed by atoms with E-state index in [1.807, 2.05) is 0 Å². The number of ether oxygens (including phenoxy) is 5. The van der Waals surface area contributed by atoms with E-state index in [1.54, 1.807) is 0 Å². The maximum atomic E-state index is 15.2. The average Bonchev–Trinajstić information content (AvgIpc) is 0.780. The predicted octanol–water partition coefficient (Wildman–Crippen LogP) is 21.0. The topological polar surface area (TPSA) is 341 Å². The monoisotopic (exact) mass is 1690 g/mol. The summed E-state index contributed by atoms with van der Waals surface area (Å²) in [6.07, 6.45) is 41.9. The third kappa shape index (κ3) is 56.5. The van der Waals surface area contributed by atoms with Crippen molar-refractivity contribution in [3.8, 4) is 0 Å². The van der Waals surface area contributed by atoms with Gasteiger partial charge in [-0.15, -0.1) is 0 Å². The largest absolute Gasteiger partial charge is 0.470 e. The first kappa shape index (κ1) is 110. The SMILES string of the molecule is CCCCCCCCCCCCCC(=O)C(CCCCCCCCCCC)CC(=O)O[C@@H]1[C@@H](NC(=O)CC(CCCCCCCCCCC)C(=O)CCCCCCCCCCC)[C@H](OC[C@H]2O[C@H](O)[C@H](NC(=O)CC(O)CCCCCCCCCCC)[C@@H](OC(=O)CC(O)CCCCCCCCCCC)[C@@H]2O)O[C@H](CO)[C@H]1OP(=O)(O)O. The summed E-state index contributed by atoms with van der Waals surface area (Å²) in [6.45, 7) is 11.3. The van der Waals surface area contributed by atoms with E-state index in [1.165, 1.54) is 128 Å². The van der Waals surface area contributed by atoms with Crippen LogP contribution in [0.4, 0.5) is 0 Å². The molecule has 2 rings (SSSR count). The van der Waals surface area contributed by atoms with Gasteiger partial charge in [-0.3, -0.25) is 33.3 Å². The van der Waals surface area contributed by atoms with E-state index >= 15 is 9.59 Å². The van der Waals surface area contributed by atoms with Gasteiger partial charge in [-0.05, 0) is 38.5 Å². The summed E-state index contributed by atoms with van der Waals surface area (Å²) in [6, 6.07) is -3.40. The fourth-order valence-corrected chi connectivity index (χ4v) is 17.3. The van der Waals surface area contributed by atoms with Crippen LogP contribution in [0.1, 0.15) is 465 Å². The normalized spacial score (nSPS) is 20.7. The second kappa shape index (κ2) is 73.4. The minimum Gasteiger partial charge on any atom is -0.457 e. The van der Waals surface area contributed by atoms with Crippen LogP contribution in [0.15, 0.2) is 0 Å². The lowest BCUT2D eigenvalue weighted by Crippen LogP contribution is -2.68. The average molecular weight is 1690 g/mol. The van der Waals surface area contributed by atoms with Gasteiger partial charge in [-0.2, -0.15) is 0 Å². The van der Waals surface area contributed by atoms with Gasteiger partial charge in [0.15, 0.2) is 24.8 Å². The van der Waals surface area contributed by atoms with Crippen molar-refractivity contribution in [2.24, 2.45) is 11.8 Å². The van der Waals surface area contributed by atoms with Gasteiger partial charge in [-0.25, -0.2) is 4.57 Å². The van der Waals surface area contributed by atoms with E-state index in [9.17, 15) is 59.1 Å². The molecule has 9 N–H and O–H groups in total. The molecule has 2 amide bonds. The molecule has 688 valence electrons. The molecule has 0 aromatic heterocycles. The lowest BCUT2D eigenvalue weighted by atomic mass is 9.89. The van der Waals surface area contributed by atoms with Crippen LogP contribution in [0.25, 0.3) is 0 Å². The molecule has 0 aliphatic carbocycles. The van der Waals surface area contributed by atoms with Gasteiger partial charge in [0.1, 0.15) is 48.1 Å². The van der Waals surface area contributed by atoms with E-state index in [-0.39, 0.29) is 43.7 Å². The molecular formula is C94H177N2O20P. The Labute approximate surface area is 711 Å². The van der Waals surface area contributed by atoms with E-state index in [2.05, 4.69) is 52.2 Å². The Morgan fingerprint density at radius 2 is 0.667 bits per heavy atom. The van der Waals surface area contributed by atoms with Crippen LogP contribution in [-0.4, -0.2) is 157 Å². The van der Waals surface area contributed by atoms with Crippen molar-refractivity contribution in [3.05, 3.63) is 0 Å². The zero-order chi connectivity index (χ0) is 85.8. The number of carbonyl (C=O) groups excluding carboxylic acids is 6. The van der Waals surface area contributed by atoms with Crippen molar-refractivity contribution in [3.63, 3.8) is 0 Å². The molecule has 0 aromatic rings. The number of Topliss-reactive ketones (excluding diaryl/α,β-unsaturated/α-hetero) is 2. The fraction of sp³-hybridized carbons (Fsp3) is 0.936. The Hall–Kier alpha value is -2.99. The number of amides is 2. The molecule has 2 aliphatic heterocycles. The first-order valence-electron chi connectivity index (χ1n) is 48.7. The van der Waals surface area contributed by atoms with Crippen molar-refractivity contribution < 1.29 is 96.9 Å². The number of carbonyl (C=O) groups is 6. The summed E-state index contributed by atoms with van der Waals surface area (Å²) in [5.41, 5.74) is 0. The maximum absolute atomic E-state index is 15.2. The molecule has 2 fully saturated rings. The number of esters is 2. The van der Waals surface area contributed by atoms with Crippen LogP contribution >= 0.6 is 7.82 Å². The Kier molecular flexibility index (Phi) is 69.0. The maximum Gasteiger partial charge on any atom is 0.470 e. The van der Waals surface area contributed by atoms with Gasteiger partial charge in [-0.1, -0.05) is 388 Å². The van der Waals surface area contributed by atoms with Crippen LogP contribution in [0.3, 0.4) is 0 Å². The molecule has 14 atom stereocenters. The van der Waals surface area contributed by atoms with E-state index in [4.69, 9.17) is 28.2 Å². The molecule has 0 bridgehead atoms. The molecule has 2 aliphatic rings. The van der Waals surface area contributed by atoms with Crippen LogP contribution < -0.4 is 10.6 Å². The number of hydrogen-bond acceptors (Lipinski definition) is 18. The van der Waals surface area contributed by atoms with Crippen molar-refractivity contribution in [2.75, 3.05) is 13.2 Å². The number of phosphoric ester groups is 1. The summed E-state index contributed by atoms with van der Waals surface area (Å²) in [5, 5.41) is 63.3. The van der Waals surface area contributed by atoms with Crippen LogP contribution in [0.5, 0.6) is 0 Å². The number of unbranched alkanes of at least 4 members (excludes halogenated alkanes) is 50. The molecule has 2 saturated heterocycles. The van der Waals surface area contributed by atoms with Gasteiger partial charge in [0.05, 0.1) is 44.7 Å². The lowest BCUT2D eigenvalue weighted by Gasteiger charge is -2.46. The summed E-state index contributed by atoms with van der Waals surface area (Å²) in [4.78, 5) is 108. The number of aliphatic hydroxyl groups is 5. The summed E-state index contributed by atoms with van der Waals surface area (Å²) >= 11 is 0. The first-order chi connectivity index (χ1) is 56.7. The Bertz CT molecular complexity index is 2480. The molecule has 0 radical (unpaired) electrons. The highest BCUT2D eigenvalue weighted by Crippen LogP contribution is 2.43. The summed E-state index contributed by atoms with van der Waals surface area (Å²) in [5.74, 6) is -5.17. The Morgan fingerprint density at radius 3 is 1.03 bits per heavy atom. The highest BCUT2D eigenvalue weighted by atomic mass is 31.2. The Balaban J connectivity index is 2.74. The molecular weight excluding hydrogens is 1510 g/mol. The van der Waals surface area contributed by atoms with Crippen LogP contribution in [-0.2, 0) is 61.5 Å². The van der Waals surface area contributed by atoms with Gasteiger partial charge in [0, 0.05) is 31.1 Å². The minimum absolute atomic E-state index is 0.0902. The molecule has 22 nitrogen and oxygen atoms in total. The second-order valence-electron chi connectivity index (χ2n) is 35.1. The van der Waals surface area contributed by atoms with E-state index in [0.717, 1.165) is 193 Å². The standard InChI is InChI=1S/C94H177N2O20P/c1-7-13-19-25-31-37-38-44-50-56-62-68-80(101)76(64-58-52-46-40-33-27-21-15-9-3)70-85(104)115-92-88(96-83(102)69-75(63-57-51-45-39-32-26-20-14-8-2)79(100)67-61-55-49-43-36-30-24-18-12-6)94(113-81(73-97)90(92)116-117(108,109)110)111-74-82-89(106)91(114-86(105)72-78(99)66-60-54-48-42-35-29-23-17-11-5)87(93(107)112-82)95-84(103)71-77(98)65-59-53-47-41-34-28-22-16-10-4/h75-78,81-82,87-94,97-99,106-107H,7-74H2,1-6H3,(H,95,103)(H,96,102)(H2,108,109,110)/t75?,76?,77?,78?,81-,82-,87-,88-,89-,90-,91-,92-,93+,94-/m1/s1. The summed E-state index contributed by atoms with van der Waals surface area (Å²) < 4.78 is 49.7. The van der Waals surface area contributed by atoms with Crippen molar-refractivity contribution in [1.29, 1.82) is 0 Å². The van der Waals surface area contributed by atoms with Gasteiger partial charge >= 0.3 is 19.8 Å². The zero-order valence-corrected chi connectivity index (χ0v) is 75.9. The molecule has 2 heterocycles. The molecule has 0 aromatic carbocycles. The molecule has 0 spiro atoms. The highest BCUT2D eigenvalue weighted by Gasteiger charge is 2.54. The number of rotatable bonds is 82. The number of aliphatic hydroxyl groups excluding tert-OH is 5. The van der Waals surface area contributed by atoms with Crippen LogP contribution in [0, 0.1) is 11.8 Å². The number of hydrogen-bond donors (Lipinski definition) is 9. The minimum atomic E-state index is -5.59. The zero-order valence-electron chi connectivity index (χ0n) is 75.1. The molecule has 4 unspecified atom stereocenters. The molecule has 0 saturated carbocycles. The van der Waals surface area contributed by atoms with E-state index < -0.39 is 143 Å². The smallest absolute Gasteiger partial charge is 0.457 e. The lowest BCUT2D eigenvalue weighted by molar-refractivity contribution is -0.298. The molecule has 117 heavy (non-hydrogen) atoms. The number of ketones is 2. The summed E-state index contributed by atoms with van der Waals surface area (Å²) in [7, 11) is -5.59. The number of phosphoric acid groups is 1. The van der Waals surface area contributed by atoms with Crippen molar-refractivity contribution >= 4 is 43.1 Å². The van der Waals surface area contributed by atoms with Crippen molar-refractivity contribution in [1.82, 2.24) is 10.6 Å². The first-order valence-corrected chi connectivity index (χ1v) is 50.2. The fourth-order valence-electron chi connectivity index (χ4n) is 16.8. The van der Waals surface area contributed by atoms with E-state index in [0.29, 0.717) is 57.8 Å². The number of nitrogens with one attached hydrogen (secondary N) is 2. The third-order valence-corrected chi connectivity index (χ3v) is 24.6. The second-order valence-corrected chi connectivity index (χ2v) is 36.2. The molecule has 23 heteroatoms.